The number of hydrogen-bond acceptors (Lipinski definition) is 5. The molecule has 3 rings (SSSR count). The summed E-state index contributed by atoms with van der Waals surface area (Å²) in [7, 11) is 1.64. The number of para-hydroxylation sites is 1. The molecule has 0 fully saturated rings. The normalized spacial score (nSPS) is 9.93. The molecule has 27 heavy (non-hydrogen) atoms. The van der Waals surface area contributed by atoms with Crippen molar-refractivity contribution in [3.8, 4) is 11.8 Å². The van der Waals surface area contributed by atoms with Gasteiger partial charge in [-0.1, -0.05) is 18.2 Å². The van der Waals surface area contributed by atoms with E-state index in [1.165, 1.54) is 6.20 Å². The van der Waals surface area contributed by atoms with E-state index in [0.29, 0.717) is 29.2 Å². The second kappa shape index (κ2) is 8.50. The first-order valence-electron chi connectivity index (χ1n) is 8.33. The van der Waals surface area contributed by atoms with Gasteiger partial charge < -0.3 is 15.4 Å². The highest BCUT2D eigenvalue weighted by atomic mass is 16.5. The number of methoxy groups -OCH3 is 1. The van der Waals surface area contributed by atoms with Crippen molar-refractivity contribution in [2.45, 2.75) is 6.54 Å². The van der Waals surface area contributed by atoms with Crippen LogP contribution in [-0.4, -0.2) is 18.0 Å². The van der Waals surface area contributed by atoms with Crippen LogP contribution in [0, 0.1) is 11.3 Å². The number of aromatic nitrogens is 1. The Balaban J connectivity index is 1.60. The fourth-order valence-corrected chi connectivity index (χ4v) is 2.50. The number of pyridine rings is 1. The third-order valence-electron chi connectivity index (χ3n) is 3.95. The SMILES string of the molecule is COc1ccccc1CNc1ccc(C(=O)Nc2ccc(C#N)cc2)cn1. The van der Waals surface area contributed by atoms with Crippen molar-refractivity contribution in [1.29, 1.82) is 5.26 Å². The van der Waals surface area contributed by atoms with Gasteiger partial charge in [-0.25, -0.2) is 4.98 Å². The summed E-state index contributed by atoms with van der Waals surface area (Å²) in [4.78, 5) is 16.6. The highest BCUT2D eigenvalue weighted by Crippen LogP contribution is 2.18. The Hall–Kier alpha value is -3.85. The molecule has 6 heteroatoms. The first-order valence-corrected chi connectivity index (χ1v) is 8.33. The molecule has 0 aliphatic rings. The highest BCUT2D eigenvalue weighted by Gasteiger charge is 2.07. The van der Waals surface area contributed by atoms with E-state index in [9.17, 15) is 4.79 Å². The number of nitrogens with one attached hydrogen (secondary N) is 2. The van der Waals surface area contributed by atoms with E-state index >= 15 is 0 Å². The minimum atomic E-state index is -0.261. The fourth-order valence-electron chi connectivity index (χ4n) is 2.50. The number of carbonyl (C=O) groups excluding carboxylic acids is 1. The summed E-state index contributed by atoms with van der Waals surface area (Å²) in [5.41, 5.74) is 2.63. The van der Waals surface area contributed by atoms with Crippen LogP contribution in [0.25, 0.3) is 0 Å². The summed E-state index contributed by atoms with van der Waals surface area (Å²) in [6.45, 7) is 0.563. The van der Waals surface area contributed by atoms with Crippen LogP contribution in [0.5, 0.6) is 5.75 Å². The molecule has 2 aromatic carbocycles. The number of rotatable bonds is 6. The lowest BCUT2D eigenvalue weighted by molar-refractivity contribution is 0.102. The molecule has 6 nitrogen and oxygen atoms in total. The van der Waals surface area contributed by atoms with Crippen molar-refractivity contribution in [2.24, 2.45) is 0 Å². The third-order valence-corrected chi connectivity index (χ3v) is 3.95. The minimum Gasteiger partial charge on any atom is -0.496 e. The lowest BCUT2D eigenvalue weighted by Gasteiger charge is -2.10. The molecule has 134 valence electrons. The molecule has 0 radical (unpaired) electrons. The molecule has 1 aromatic heterocycles. The largest absolute Gasteiger partial charge is 0.496 e. The molecule has 3 aromatic rings. The number of anilines is 2. The topological polar surface area (TPSA) is 87.0 Å². The maximum Gasteiger partial charge on any atom is 0.257 e. The van der Waals surface area contributed by atoms with E-state index < -0.39 is 0 Å². The summed E-state index contributed by atoms with van der Waals surface area (Å²) in [5.74, 6) is 1.21. The first kappa shape index (κ1) is 18.0. The molecule has 0 aliphatic heterocycles. The molecule has 0 spiro atoms. The summed E-state index contributed by atoms with van der Waals surface area (Å²) < 4.78 is 5.32. The quantitative estimate of drug-likeness (QED) is 0.699. The van der Waals surface area contributed by atoms with E-state index in [0.717, 1.165) is 11.3 Å². The van der Waals surface area contributed by atoms with Gasteiger partial charge in [0.1, 0.15) is 11.6 Å². The number of benzene rings is 2. The van der Waals surface area contributed by atoms with Crippen LogP contribution in [0.3, 0.4) is 0 Å². The van der Waals surface area contributed by atoms with E-state index in [2.05, 4.69) is 15.6 Å². The third kappa shape index (κ3) is 4.61. The Morgan fingerprint density at radius 2 is 1.89 bits per heavy atom. The average Bonchev–Trinajstić information content (AvgIpc) is 2.73. The molecular weight excluding hydrogens is 340 g/mol. The molecule has 0 aliphatic carbocycles. The Morgan fingerprint density at radius 3 is 2.56 bits per heavy atom. The van der Waals surface area contributed by atoms with Crippen LogP contribution in [-0.2, 0) is 6.54 Å². The number of hydrogen-bond donors (Lipinski definition) is 2. The van der Waals surface area contributed by atoms with Gasteiger partial charge in [-0.05, 0) is 42.5 Å². The zero-order chi connectivity index (χ0) is 19.1. The maximum absolute atomic E-state index is 12.3. The van der Waals surface area contributed by atoms with Gasteiger partial charge in [0.2, 0.25) is 0 Å². The summed E-state index contributed by atoms with van der Waals surface area (Å²) in [6.07, 6.45) is 1.52. The van der Waals surface area contributed by atoms with E-state index in [1.807, 2.05) is 30.3 Å². The molecule has 0 bridgehead atoms. The molecule has 1 heterocycles. The zero-order valence-corrected chi connectivity index (χ0v) is 14.8. The molecule has 0 atom stereocenters. The second-order valence-corrected chi connectivity index (χ2v) is 5.74. The van der Waals surface area contributed by atoms with Gasteiger partial charge in [-0.2, -0.15) is 5.26 Å². The van der Waals surface area contributed by atoms with Crippen molar-refractivity contribution < 1.29 is 9.53 Å². The summed E-state index contributed by atoms with van der Waals surface area (Å²) in [5, 5.41) is 14.8. The van der Waals surface area contributed by atoms with Gasteiger partial charge in [0.15, 0.2) is 0 Å². The molecule has 0 unspecified atom stereocenters. The van der Waals surface area contributed by atoms with Crippen LogP contribution in [0.15, 0.2) is 66.9 Å². The van der Waals surface area contributed by atoms with Gasteiger partial charge in [-0.3, -0.25) is 4.79 Å². The van der Waals surface area contributed by atoms with Crippen LogP contribution in [0.1, 0.15) is 21.5 Å². The van der Waals surface area contributed by atoms with Crippen LogP contribution >= 0.6 is 0 Å². The Kier molecular flexibility index (Phi) is 5.65. The highest BCUT2D eigenvalue weighted by molar-refractivity contribution is 6.04. The number of amides is 1. The van der Waals surface area contributed by atoms with Gasteiger partial charge >= 0.3 is 0 Å². The van der Waals surface area contributed by atoms with Crippen molar-refractivity contribution in [3.05, 3.63) is 83.6 Å². The van der Waals surface area contributed by atoms with Crippen molar-refractivity contribution in [1.82, 2.24) is 4.98 Å². The van der Waals surface area contributed by atoms with Gasteiger partial charge in [0.25, 0.3) is 5.91 Å². The molecule has 1 amide bonds. The van der Waals surface area contributed by atoms with Crippen LogP contribution in [0.4, 0.5) is 11.5 Å². The van der Waals surface area contributed by atoms with E-state index in [1.54, 1.807) is 43.5 Å². The first-order chi connectivity index (χ1) is 13.2. The Morgan fingerprint density at radius 1 is 1.11 bits per heavy atom. The molecular formula is C21H18N4O2. The standard InChI is InChI=1S/C21H18N4O2/c1-27-19-5-3-2-4-16(19)13-23-20-11-8-17(14-24-20)21(26)25-18-9-6-15(12-22)7-10-18/h2-11,14H,13H2,1H3,(H,23,24)(H,25,26). The molecule has 0 saturated heterocycles. The van der Waals surface area contributed by atoms with E-state index in [4.69, 9.17) is 10.00 Å². The molecule has 0 saturated carbocycles. The lowest BCUT2D eigenvalue weighted by atomic mass is 10.2. The van der Waals surface area contributed by atoms with E-state index in [-0.39, 0.29) is 5.91 Å². The van der Waals surface area contributed by atoms with Gasteiger partial charge in [0, 0.05) is 24.0 Å². The van der Waals surface area contributed by atoms with Crippen molar-refractivity contribution in [2.75, 3.05) is 17.7 Å². The minimum absolute atomic E-state index is 0.261. The summed E-state index contributed by atoms with van der Waals surface area (Å²) in [6, 6.07) is 19.9. The van der Waals surface area contributed by atoms with Crippen molar-refractivity contribution in [3.63, 3.8) is 0 Å². The predicted octanol–water partition coefficient (Wildman–Crippen LogP) is 3.83. The monoisotopic (exact) mass is 358 g/mol. The zero-order valence-electron chi connectivity index (χ0n) is 14.8. The summed E-state index contributed by atoms with van der Waals surface area (Å²) >= 11 is 0. The second-order valence-electron chi connectivity index (χ2n) is 5.74. The maximum atomic E-state index is 12.3. The van der Waals surface area contributed by atoms with Crippen LogP contribution in [0.2, 0.25) is 0 Å². The number of carbonyl (C=O) groups is 1. The number of ether oxygens (including phenoxy) is 1. The average molecular weight is 358 g/mol. The fraction of sp³-hybridized carbons (Fsp3) is 0.0952. The lowest BCUT2D eigenvalue weighted by Crippen LogP contribution is -2.12. The Labute approximate surface area is 157 Å². The van der Waals surface area contributed by atoms with Gasteiger partial charge in [-0.15, -0.1) is 0 Å². The molecule has 2 N–H and O–H groups in total. The van der Waals surface area contributed by atoms with Crippen molar-refractivity contribution >= 4 is 17.4 Å². The number of nitrogens with zero attached hydrogens (tertiary/aromatic N) is 2. The van der Waals surface area contributed by atoms with Gasteiger partial charge in [0.05, 0.1) is 24.3 Å². The smallest absolute Gasteiger partial charge is 0.257 e. The predicted molar refractivity (Wildman–Crippen MR) is 104 cm³/mol. The van der Waals surface area contributed by atoms with Crippen LogP contribution < -0.4 is 15.4 Å². The Bertz CT molecular complexity index is 961. The number of nitriles is 1.